The average molecular weight is 697 g/mol. The third-order valence-corrected chi connectivity index (χ3v) is 12.6. The molecule has 3 heterocycles. The van der Waals surface area contributed by atoms with Crippen molar-refractivity contribution in [3.8, 4) is 39.9 Å². The smallest absolute Gasteiger partial charge is 0.164 e. The van der Waals surface area contributed by atoms with Gasteiger partial charge in [-0.3, -0.25) is 0 Å². The van der Waals surface area contributed by atoms with Gasteiger partial charge >= 0.3 is 0 Å². The lowest BCUT2D eigenvalue weighted by atomic mass is 9.63. The van der Waals surface area contributed by atoms with E-state index in [1.165, 1.54) is 54.9 Å². The molecule has 0 saturated heterocycles. The molecule has 0 spiro atoms. The van der Waals surface area contributed by atoms with E-state index in [0.29, 0.717) is 17.5 Å². The Morgan fingerprint density at radius 1 is 0.453 bits per heavy atom. The summed E-state index contributed by atoms with van der Waals surface area (Å²) in [5.41, 5.74) is 11.0. The molecule has 2 aromatic heterocycles. The zero-order chi connectivity index (χ0) is 35.5. The highest BCUT2D eigenvalue weighted by Crippen LogP contribution is 2.54. The number of para-hydroxylation sites is 2. The first-order valence-corrected chi connectivity index (χ1v) is 21.2. The van der Waals surface area contributed by atoms with Crippen molar-refractivity contribution in [1.29, 1.82) is 0 Å². The quantitative estimate of drug-likeness (QED) is 0.163. The summed E-state index contributed by atoms with van der Waals surface area (Å²) in [6, 6.07) is 63.3. The normalized spacial score (nSPS) is 14.8. The number of fused-ring (bicyclic) bond motifs is 5. The van der Waals surface area contributed by atoms with Crippen LogP contribution in [0.25, 0.3) is 61.7 Å². The average Bonchev–Trinajstić information content (AvgIpc) is 3.57. The molecule has 1 aliphatic rings. The fourth-order valence-electron chi connectivity index (χ4n) is 8.41. The van der Waals surface area contributed by atoms with Crippen LogP contribution in [0.1, 0.15) is 22.3 Å². The molecule has 9 aromatic rings. The summed E-state index contributed by atoms with van der Waals surface area (Å²) in [5.74, 6) is 1.96. The van der Waals surface area contributed by atoms with Gasteiger partial charge in [0, 0.05) is 27.5 Å². The van der Waals surface area contributed by atoms with Crippen LogP contribution in [0.3, 0.4) is 0 Å². The predicted octanol–water partition coefficient (Wildman–Crippen LogP) is 10.4. The Hall–Kier alpha value is -6.43. The zero-order valence-electron chi connectivity index (χ0n) is 29.6. The van der Waals surface area contributed by atoms with E-state index in [1.807, 2.05) is 60.7 Å². The van der Waals surface area contributed by atoms with Gasteiger partial charge in [-0.05, 0) is 34.4 Å². The first-order chi connectivity index (χ1) is 26.1. The van der Waals surface area contributed by atoms with E-state index in [2.05, 4.69) is 133 Å². The molecule has 7 aromatic carbocycles. The SMILES string of the molecule is C[SiH](C)c1ccc2c(c1)c1cccc3c1n2-c1ccccc1C3(c1ccccc1)c1ccc(-c2nc(-c3ccccc3)nc(-c3ccccc3)n2)cc1. The molecule has 4 nitrogen and oxygen atoms in total. The lowest BCUT2D eigenvalue weighted by Crippen LogP contribution is -2.35. The molecule has 5 heteroatoms. The van der Waals surface area contributed by atoms with E-state index in [4.69, 9.17) is 15.0 Å². The molecule has 1 atom stereocenters. The lowest BCUT2D eigenvalue weighted by molar-refractivity contribution is 0.728. The predicted molar refractivity (Wildman–Crippen MR) is 221 cm³/mol. The molecule has 252 valence electrons. The molecule has 0 amide bonds. The number of benzene rings is 7. The van der Waals surface area contributed by atoms with Crippen LogP contribution < -0.4 is 5.19 Å². The number of hydrogen-bond acceptors (Lipinski definition) is 3. The molecule has 0 radical (unpaired) electrons. The third kappa shape index (κ3) is 4.85. The van der Waals surface area contributed by atoms with Gasteiger partial charge in [-0.1, -0.05) is 182 Å². The van der Waals surface area contributed by atoms with Crippen LogP contribution >= 0.6 is 0 Å². The summed E-state index contributed by atoms with van der Waals surface area (Å²) < 4.78 is 2.51. The number of hydrogen-bond donors (Lipinski definition) is 0. The Labute approximate surface area is 310 Å². The van der Waals surface area contributed by atoms with Crippen LogP contribution in [0.5, 0.6) is 0 Å². The maximum absolute atomic E-state index is 5.04. The van der Waals surface area contributed by atoms with Crippen LogP contribution in [-0.4, -0.2) is 28.3 Å². The maximum Gasteiger partial charge on any atom is 0.164 e. The molecule has 0 fully saturated rings. The van der Waals surface area contributed by atoms with E-state index in [-0.39, 0.29) is 0 Å². The molecular weight excluding hydrogens is 661 g/mol. The second kappa shape index (κ2) is 12.4. The van der Waals surface area contributed by atoms with Gasteiger partial charge in [-0.15, -0.1) is 0 Å². The Balaban J connectivity index is 1.22. The number of rotatable bonds is 6. The maximum atomic E-state index is 5.04. The van der Waals surface area contributed by atoms with E-state index in [9.17, 15) is 0 Å². The Kier molecular flexibility index (Phi) is 7.30. The van der Waals surface area contributed by atoms with Gasteiger partial charge in [0.05, 0.1) is 30.9 Å². The highest BCUT2D eigenvalue weighted by Gasteiger charge is 2.45. The Morgan fingerprint density at radius 3 is 1.60 bits per heavy atom. The third-order valence-electron chi connectivity index (χ3n) is 10.9. The standard InChI is InChI=1S/C48H36N4Si/c1-53(2)37-29-30-42-39(31-37)38-21-14-23-41-44(38)52(42)43-24-13-12-22-40(43)48(41,35-19-10-5-11-20-35)36-27-25-34(26-28-36)47-50-45(32-15-6-3-7-16-32)49-46(51-47)33-17-8-4-9-18-33/h3-31,53H,1-2H3. The van der Waals surface area contributed by atoms with E-state index < -0.39 is 14.2 Å². The summed E-state index contributed by atoms with van der Waals surface area (Å²) in [5, 5.41) is 4.11. The second-order valence-corrected chi connectivity index (χ2v) is 17.2. The minimum absolute atomic E-state index is 0.570. The van der Waals surface area contributed by atoms with Gasteiger partial charge in [0.15, 0.2) is 17.5 Å². The first kappa shape index (κ1) is 31.3. The molecule has 0 aliphatic carbocycles. The van der Waals surface area contributed by atoms with Gasteiger partial charge in [-0.2, -0.15) is 0 Å². The van der Waals surface area contributed by atoms with Crippen LogP contribution in [0.15, 0.2) is 176 Å². The van der Waals surface area contributed by atoms with Crippen molar-refractivity contribution in [2.75, 3.05) is 0 Å². The molecule has 0 bridgehead atoms. The lowest BCUT2D eigenvalue weighted by Gasteiger charge is -2.41. The Morgan fingerprint density at radius 2 is 0.981 bits per heavy atom. The first-order valence-electron chi connectivity index (χ1n) is 18.3. The van der Waals surface area contributed by atoms with Gasteiger partial charge < -0.3 is 4.57 Å². The van der Waals surface area contributed by atoms with Crippen LogP contribution in [-0.2, 0) is 5.41 Å². The van der Waals surface area contributed by atoms with Crippen LogP contribution in [0.4, 0.5) is 0 Å². The largest absolute Gasteiger partial charge is 0.309 e. The number of nitrogens with zero attached hydrogens (tertiary/aromatic N) is 4. The minimum Gasteiger partial charge on any atom is -0.309 e. The molecule has 10 rings (SSSR count). The van der Waals surface area contributed by atoms with Gasteiger partial charge in [0.1, 0.15) is 0 Å². The van der Waals surface area contributed by atoms with Crippen molar-refractivity contribution in [3.05, 3.63) is 198 Å². The molecule has 0 saturated carbocycles. The Bertz CT molecular complexity index is 2740. The van der Waals surface area contributed by atoms with E-state index >= 15 is 0 Å². The van der Waals surface area contributed by atoms with Crippen molar-refractivity contribution in [2.45, 2.75) is 18.5 Å². The van der Waals surface area contributed by atoms with E-state index in [1.54, 1.807) is 0 Å². The molecule has 53 heavy (non-hydrogen) atoms. The fraction of sp³-hybridized carbons (Fsp3) is 0.0625. The highest BCUT2D eigenvalue weighted by atomic mass is 28.3. The monoisotopic (exact) mass is 696 g/mol. The van der Waals surface area contributed by atoms with E-state index in [0.717, 1.165) is 16.7 Å². The molecule has 1 unspecified atom stereocenters. The topological polar surface area (TPSA) is 43.6 Å². The zero-order valence-corrected chi connectivity index (χ0v) is 30.8. The van der Waals surface area contributed by atoms with Crippen LogP contribution in [0.2, 0.25) is 13.1 Å². The summed E-state index contributed by atoms with van der Waals surface area (Å²) in [6.07, 6.45) is 0. The fourth-order valence-corrected chi connectivity index (χ4v) is 9.39. The van der Waals surface area contributed by atoms with Crippen molar-refractivity contribution in [1.82, 2.24) is 19.5 Å². The van der Waals surface area contributed by atoms with Crippen molar-refractivity contribution in [2.24, 2.45) is 0 Å². The van der Waals surface area contributed by atoms with Crippen molar-refractivity contribution < 1.29 is 0 Å². The molecule has 1 aliphatic heterocycles. The summed E-state index contributed by atoms with van der Waals surface area (Å²) in [4.78, 5) is 15.0. The minimum atomic E-state index is -1.00. The molecule has 0 N–H and O–H groups in total. The summed E-state index contributed by atoms with van der Waals surface area (Å²) in [7, 11) is -1.00. The van der Waals surface area contributed by atoms with Crippen molar-refractivity contribution in [3.63, 3.8) is 0 Å². The van der Waals surface area contributed by atoms with Gasteiger partial charge in [0.2, 0.25) is 0 Å². The summed E-state index contributed by atoms with van der Waals surface area (Å²) >= 11 is 0. The van der Waals surface area contributed by atoms with Crippen molar-refractivity contribution >= 4 is 35.8 Å². The van der Waals surface area contributed by atoms with Gasteiger partial charge in [0.25, 0.3) is 0 Å². The molecular formula is C48H36N4Si. The van der Waals surface area contributed by atoms with Gasteiger partial charge in [-0.25, -0.2) is 15.0 Å². The van der Waals surface area contributed by atoms with Crippen LogP contribution in [0, 0.1) is 0 Å². The summed E-state index contributed by atoms with van der Waals surface area (Å²) in [6.45, 7) is 4.82. The number of aromatic nitrogens is 4. The highest BCUT2D eigenvalue weighted by molar-refractivity contribution is 6.71. The second-order valence-electron chi connectivity index (χ2n) is 14.2.